The molecule has 10 nitrogen and oxygen atoms in total. The van der Waals surface area contributed by atoms with E-state index in [1.165, 1.54) is 25.6 Å². The van der Waals surface area contributed by atoms with Gasteiger partial charge in [-0.15, -0.1) is 0 Å². The fraction of sp³-hybridized carbons (Fsp3) is 0.560. The van der Waals surface area contributed by atoms with E-state index < -0.39 is 17.3 Å². The number of tetrazole rings is 1. The van der Waals surface area contributed by atoms with Gasteiger partial charge < -0.3 is 10.6 Å². The van der Waals surface area contributed by atoms with Crippen molar-refractivity contribution >= 4 is 17.5 Å². The molecule has 3 fully saturated rings. The highest BCUT2D eigenvalue weighted by atomic mass is 19.1. The number of nitrogens with zero attached hydrogens (tertiary/aromatic N) is 7. The number of hydrogen-bond donors (Lipinski definition) is 2. The number of hydrogen-bond acceptors (Lipinski definition) is 8. The van der Waals surface area contributed by atoms with Gasteiger partial charge in [0.05, 0.1) is 17.6 Å². The molecule has 0 spiro atoms. The standard InChI is InChI=1S/C25H31F2N9O/c1-25(2)12-15(9-16-5-4-8-35(16)25)29-22-19(27)13-28-23(31-22)30-20-11-21(36-24(37)34(3)32-33-36)17(10-18(20)26)14-6-7-14/h10-11,13-16H,4-9,12H2,1-3H3,(H2,28,29,30,31)/t15?,16-/m1/s1. The van der Waals surface area contributed by atoms with Gasteiger partial charge in [-0.2, -0.15) is 14.3 Å². The average molecular weight is 512 g/mol. The van der Waals surface area contributed by atoms with Crippen LogP contribution in [0.1, 0.15) is 63.9 Å². The minimum atomic E-state index is -0.562. The highest BCUT2D eigenvalue weighted by Gasteiger charge is 2.43. The second-order valence-electron chi connectivity index (χ2n) is 11.1. The lowest BCUT2D eigenvalue weighted by Crippen LogP contribution is -2.55. The lowest BCUT2D eigenvalue weighted by atomic mass is 9.84. The zero-order chi connectivity index (χ0) is 25.9. The smallest absolute Gasteiger partial charge is 0.365 e. The molecule has 2 N–H and O–H groups in total. The number of anilines is 3. The summed E-state index contributed by atoms with van der Waals surface area (Å²) in [6, 6.07) is 3.47. The third-order valence-corrected chi connectivity index (χ3v) is 7.87. The molecule has 0 bridgehead atoms. The molecule has 2 aromatic heterocycles. The van der Waals surface area contributed by atoms with Gasteiger partial charge in [0.2, 0.25) is 5.95 Å². The van der Waals surface area contributed by atoms with Crippen molar-refractivity contribution in [3.05, 3.63) is 46.0 Å². The van der Waals surface area contributed by atoms with Gasteiger partial charge in [-0.25, -0.2) is 18.6 Å². The number of nitrogens with one attached hydrogen (secondary N) is 2. The topological polar surface area (TPSA) is 106 Å². The predicted molar refractivity (Wildman–Crippen MR) is 134 cm³/mol. The summed E-state index contributed by atoms with van der Waals surface area (Å²) in [5.74, 6) is -0.767. The molecule has 1 saturated carbocycles. The summed E-state index contributed by atoms with van der Waals surface area (Å²) < 4.78 is 32.2. The number of aryl methyl sites for hydroxylation is 1. The van der Waals surface area contributed by atoms with Gasteiger partial charge in [0.1, 0.15) is 5.82 Å². The Balaban J connectivity index is 1.27. The van der Waals surface area contributed by atoms with Crippen molar-refractivity contribution in [3.63, 3.8) is 0 Å². The Bertz CT molecular complexity index is 1400. The molecule has 196 valence electrons. The second kappa shape index (κ2) is 8.86. The first-order chi connectivity index (χ1) is 17.7. The van der Waals surface area contributed by atoms with E-state index >= 15 is 4.39 Å². The molecule has 3 aromatic rings. The first kappa shape index (κ1) is 24.0. The van der Waals surface area contributed by atoms with Gasteiger partial charge in [0.25, 0.3) is 0 Å². The maximum absolute atomic E-state index is 15.1. The minimum Gasteiger partial charge on any atom is -0.365 e. The Morgan fingerprint density at radius 2 is 1.92 bits per heavy atom. The van der Waals surface area contributed by atoms with Gasteiger partial charge in [-0.3, -0.25) is 4.90 Å². The van der Waals surface area contributed by atoms with Crippen LogP contribution in [0.2, 0.25) is 0 Å². The van der Waals surface area contributed by atoms with E-state index in [0.29, 0.717) is 17.3 Å². The highest BCUT2D eigenvalue weighted by Crippen LogP contribution is 2.44. The predicted octanol–water partition coefficient (Wildman–Crippen LogP) is 3.47. The molecule has 12 heteroatoms. The van der Waals surface area contributed by atoms with Crippen molar-refractivity contribution in [2.75, 3.05) is 17.2 Å². The number of rotatable bonds is 6. The van der Waals surface area contributed by atoms with E-state index in [4.69, 9.17) is 0 Å². The molecule has 3 aliphatic rings. The number of aromatic nitrogens is 6. The van der Waals surface area contributed by atoms with Crippen LogP contribution in [-0.4, -0.2) is 58.8 Å². The molecule has 0 amide bonds. The van der Waals surface area contributed by atoms with E-state index in [0.717, 1.165) is 54.2 Å². The van der Waals surface area contributed by atoms with E-state index in [-0.39, 0.29) is 35.0 Å². The number of halogens is 2. The van der Waals surface area contributed by atoms with Crippen molar-refractivity contribution < 1.29 is 8.78 Å². The summed E-state index contributed by atoms with van der Waals surface area (Å²) in [6.07, 6.45) is 7.03. The maximum Gasteiger partial charge on any atom is 0.368 e. The molecule has 2 aliphatic heterocycles. The largest absolute Gasteiger partial charge is 0.368 e. The van der Waals surface area contributed by atoms with Crippen molar-refractivity contribution in [3.8, 4) is 5.69 Å². The number of benzene rings is 1. The van der Waals surface area contributed by atoms with Crippen LogP contribution in [0.3, 0.4) is 0 Å². The average Bonchev–Trinajstić information content (AvgIpc) is 3.49. The van der Waals surface area contributed by atoms with Crippen LogP contribution in [0.25, 0.3) is 5.69 Å². The quantitative estimate of drug-likeness (QED) is 0.518. The third kappa shape index (κ3) is 4.47. The molecule has 1 unspecified atom stereocenters. The van der Waals surface area contributed by atoms with Crippen LogP contribution >= 0.6 is 0 Å². The van der Waals surface area contributed by atoms with E-state index in [1.54, 1.807) is 0 Å². The molecular weight excluding hydrogens is 480 g/mol. The SMILES string of the molecule is Cn1nnn(-c2cc(Nc3ncc(F)c(NC4C[C@H]5CCCN5C(C)(C)C4)n3)c(F)cc2C2CC2)c1=O. The molecular formula is C25H31F2N9O. The zero-order valence-electron chi connectivity index (χ0n) is 21.2. The first-order valence-electron chi connectivity index (χ1n) is 12.9. The lowest BCUT2D eigenvalue weighted by Gasteiger charge is -2.47. The van der Waals surface area contributed by atoms with Crippen LogP contribution in [0.5, 0.6) is 0 Å². The van der Waals surface area contributed by atoms with E-state index in [9.17, 15) is 9.18 Å². The van der Waals surface area contributed by atoms with Gasteiger partial charge in [0, 0.05) is 24.7 Å². The minimum absolute atomic E-state index is 0.0168. The van der Waals surface area contributed by atoms with Crippen molar-refractivity contribution in [2.45, 2.75) is 75.9 Å². The highest BCUT2D eigenvalue weighted by molar-refractivity contribution is 5.62. The normalized spacial score (nSPS) is 23.2. The molecule has 37 heavy (non-hydrogen) atoms. The Kier molecular flexibility index (Phi) is 5.74. The van der Waals surface area contributed by atoms with Gasteiger partial charge in [-0.05, 0) is 93.0 Å². The Morgan fingerprint density at radius 1 is 1.11 bits per heavy atom. The fourth-order valence-electron chi connectivity index (χ4n) is 6.00. The van der Waals surface area contributed by atoms with E-state index in [2.05, 4.69) is 49.8 Å². The van der Waals surface area contributed by atoms with Crippen LogP contribution in [0.4, 0.5) is 26.2 Å². The summed E-state index contributed by atoms with van der Waals surface area (Å²) in [5.41, 5.74) is 0.808. The second-order valence-corrected chi connectivity index (χ2v) is 11.1. The van der Waals surface area contributed by atoms with Crippen molar-refractivity contribution in [2.24, 2.45) is 7.05 Å². The maximum atomic E-state index is 15.1. The summed E-state index contributed by atoms with van der Waals surface area (Å²) in [5, 5.41) is 13.9. The summed E-state index contributed by atoms with van der Waals surface area (Å²) in [4.78, 5) is 23.4. The number of fused-ring (bicyclic) bond motifs is 1. The molecule has 1 aromatic carbocycles. The molecule has 0 radical (unpaired) electrons. The van der Waals surface area contributed by atoms with Crippen LogP contribution in [0, 0.1) is 11.6 Å². The third-order valence-electron chi connectivity index (χ3n) is 7.87. The van der Waals surface area contributed by atoms with Crippen molar-refractivity contribution in [1.29, 1.82) is 0 Å². The zero-order valence-corrected chi connectivity index (χ0v) is 21.2. The fourth-order valence-corrected chi connectivity index (χ4v) is 6.00. The van der Waals surface area contributed by atoms with Gasteiger partial charge in [0.15, 0.2) is 11.6 Å². The van der Waals surface area contributed by atoms with Crippen LogP contribution in [-0.2, 0) is 7.05 Å². The van der Waals surface area contributed by atoms with Crippen LogP contribution in [0.15, 0.2) is 23.1 Å². The molecule has 6 rings (SSSR count). The Hall–Kier alpha value is -3.41. The van der Waals surface area contributed by atoms with Crippen molar-refractivity contribution in [1.82, 2.24) is 34.7 Å². The molecule has 2 atom stereocenters. The summed E-state index contributed by atoms with van der Waals surface area (Å²) in [6.45, 7) is 5.57. The molecule has 4 heterocycles. The summed E-state index contributed by atoms with van der Waals surface area (Å²) >= 11 is 0. The van der Waals surface area contributed by atoms with Crippen LogP contribution < -0.4 is 16.3 Å². The Morgan fingerprint density at radius 3 is 2.65 bits per heavy atom. The van der Waals surface area contributed by atoms with E-state index in [1.807, 2.05) is 0 Å². The Labute approximate surface area is 213 Å². The number of piperidine rings is 1. The monoisotopic (exact) mass is 511 g/mol. The van der Waals surface area contributed by atoms with Gasteiger partial charge >= 0.3 is 5.69 Å². The molecule has 2 saturated heterocycles. The lowest BCUT2D eigenvalue weighted by molar-refractivity contribution is 0.0500. The first-order valence-corrected chi connectivity index (χ1v) is 12.9. The van der Waals surface area contributed by atoms with Gasteiger partial charge in [-0.1, -0.05) is 0 Å². The molecule has 1 aliphatic carbocycles. The summed E-state index contributed by atoms with van der Waals surface area (Å²) in [7, 11) is 1.50.